The summed E-state index contributed by atoms with van der Waals surface area (Å²) in [6.45, 7) is 3.42. The summed E-state index contributed by atoms with van der Waals surface area (Å²) < 4.78 is 5.17. The van der Waals surface area contributed by atoms with Crippen LogP contribution in [0.2, 0.25) is 5.02 Å². The zero-order valence-electron chi connectivity index (χ0n) is 17.0. The van der Waals surface area contributed by atoms with Crippen LogP contribution in [0.25, 0.3) is 22.4 Å². The standard InChI is InChI=1S/C24H20ClN3O3/c1-14-6-8-16(9-7-14)23-27-20-11-10-17(12-21(20)28-23)24(30)31-13-22(29)26-19-5-3-4-18(25)15(19)2/h3-12H,13H2,1-2H3,(H,26,29)(H,27,28). The first-order valence-electron chi connectivity index (χ1n) is 9.69. The number of hydrogen-bond acceptors (Lipinski definition) is 4. The summed E-state index contributed by atoms with van der Waals surface area (Å²) in [6, 6.07) is 18.3. The molecule has 1 aromatic heterocycles. The average Bonchev–Trinajstić information content (AvgIpc) is 3.19. The lowest BCUT2D eigenvalue weighted by atomic mass is 10.1. The normalized spacial score (nSPS) is 10.8. The molecule has 7 heteroatoms. The summed E-state index contributed by atoms with van der Waals surface area (Å²) >= 11 is 6.06. The number of aromatic nitrogens is 2. The maximum absolute atomic E-state index is 12.4. The van der Waals surface area contributed by atoms with Crippen LogP contribution >= 0.6 is 11.6 Å². The van der Waals surface area contributed by atoms with Crippen LogP contribution in [0.4, 0.5) is 5.69 Å². The van der Waals surface area contributed by atoms with E-state index in [2.05, 4.69) is 15.3 Å². The second kappa shape index (κ2) is 8.62. The molecule has 2 N–H and O–H groups in total. The third-order valence-corrected chi connectivity index (χ3v) is 5.33. The number of carbonyl (C=O) groups excluding carboxylic acids is 2. The van der Waals surface area contributed by atoms with Crippen LogP contribution in [0.5, 0.6) is 0 Å². The van der Waals surface area contributed by atoms with Gasteiger partial charge in [-0.15, -0.1) is 0 Å². The second-order valence-electron chi connectivity index (χ2n) is 7.22. The Balaban J connectivity index is 1.43. The summed E-state index contributed by atoms with van der Waals surface area (Å²) in [4.78, 5) is 32.4. The van der Waals surface area contributed by atoms with E-state index in [-0.39, 0.29) is 0 Å². The Hall–Kier alpha value is -3.64. The first-order valence-corrected chi connectivity index (χ1v) is 10.1. The van der Waals surface area contributed by atoms with Gasteiger partial charge in [-0.05, 0) is 49.7 Å². The van der Waals surface area contributed by atoms with Gasteiger partial charge in [0.2, 0.25) is 0 Å². The number of aromatic amines is 1. The molecule has 0 saturated heterocycles. The quantitative estimate of drug-likeness (QED) is 0.418. The zero-order chi connectivity index (χ0) is 22.0. The molecule has 0 saturated carbocycles. The van der Waals surface area contributed by atoms with Crippen molar-refractivity contribution in [2.24, 2.45) is 0 Å². The summed E-state index contributed by atoms with van der Waals surface area (Å²) in [6.07, 6.45) is 0. The number of H-pyrrole nitrogens is 1. The smallest absolute Gasteiger partial charge is 0.338 e. The number of anilines is 1. The van der Waals surface area contributed by atoms with Gasteiger partial charge in [0.25, 0.3) is 5.91 Å². The number of imidazole rings is 1. The van der Waals surface area contributed by atoms with E-state index >= 15 is 0 Å². The van der Waals surface area contributed by atoms with Crippen LogP contribution < -0.4 is 5.32 Å². The number of aryl methyl sites for hydroxylation is 1. The molecule has 4 rings (SSSR count). The third kappa shape index (κ3) is 4.59. The van der Waals surface area contributed by atoms with Gasteiger partial charge in [0.1, 0.15) is 5.82 Å². The van der Waals surface area contributed by atoms with Gasteiger partial charge in [-0.2, -0.15) is 0 Å². The number of esters is 1. The predicted octanol–water partition coefficient (Wildman–Crippen LogP) is 5.30. The van der Waals surface area contributed by atoms with Crippen LogP contribution in [0, 0.1) is 13.8 Å². The Morgan fingerprint density at radius 1 is 1.06 bits per heavy atom. The molecule has 4 aromatic rings. The molecule has 156 valence electrons. The number of halogens is 1. The molecule has 0 spiro atoms. The molecule has 0 aliphatic heterocycles. The van der Waals surface area contributed by atoms with Crippen molar-refractivity contribution in [1.29, 1.82) is 0 Å². The summed E-state index contributed by atoms with van der Waals surface area (Å²) in [5.41, 5.74) is 5.23. The highest BCUT2D eigenvalue weighted by Gasteiger charge is 2.14. The number of ether oxygens (including phenoxy) is 1. The lowest BCUT2D eigenvalue weighted by molar-refractivity contribution is -0.119. The SMILES string of the molecule is Cc1ccc(-c2nc3ccc(C(=O)OCC(=O)Nc4cccc(Cl)c4C)cc3[nH]2)cc1. The number of nitrogens with zero attached hydrogens (tertiary/aromatic N) is 1. The molecular formula is C24H20ClN3O3. The van der Waals surface area contributed by atoms with Gasteiger partial charge >= 0.3 is 5.97 Å². The number of nitrogens with one attached hydrogen (secondary N) is 2. The molecular weight excluding hydrogens is 414 g/mol. The Morgan fingerprint density at radius 2 is 1.84 bits per heavy atom. The molecule has 0 aliphatic rings. The minimum absolute atomic E-state index is 0.332. The van der Waals surface area contributed by atoms with E-state index in [1.54, 1.807) is 43.3 Å². The van der Waals surface area contributed by atoms with Gasteiger partial charge in [-0.3, -0.25) is 4.79 Å². The average molecular weight is 434 g/mol. The van der Waals surface area contributed by atoms with Gasteiger partial charge in [-0.1, -0.05) is 47.5 Å². The van der Waals surface area contributed by atoms with Gasteiger partial charge in [0.15, 0.2) is 6.61 Å². The van der Waals surface area contributed by atoms with E-state index in [9.17, 15) is 9.59 Å². The Morgan fingerprint density at radius 3 is 2.61 bits per heavy atom. The minimum atomic E-state index is -0.591. The maximum Gasteiger partial charge on any atom is 0.338 e. The van der Waals surface area contributed by atoms with Crippen LogP contribution in [-0.2, 0) is 9.53 Å². The molecule has 1 amide bonds. The molecule has 0 radical (unpaired) electrons. The summed E-state index contributed by atoms with van der Waals surface area (Å²) in [5, 5.41) is 3.24. The van der Waals surface area contributed by atoms with E-state index in [1.165, 1.54) is 5.56 Å². The number of fused-ring (bicyclic) bond motifs is 1. The minimum Gasteiger partial charge on any atom is -0.452 e. The molecule has 0 aliphatic carbocycles. The van der Waals surface area contributed by atoms with E-state index in [4.69, 9.17) is 16.3 Å². The van der Waals surface area contributed by atoms with Crippen molar-refractivity contribution < 1.29 is 14.3 Å². The molecule has 31 heavy (non-hydrogen) atoms. The van der Waals surface area contributed by atoms with E-state index in [1.807, 2.05) is 31.2 Å². The zero-order valence-corrected chi connectivity index (χ0v) is 17.8. The monoisotopic (exact) mass is 433 g/mol. The molecule has 1 heterocycles. The Labute approximate surface area is 184 Å². The molecule has 0 atom stereocenters. The van der Waals surface area contributed by atoms with Gasteiger partial charge in [0.05, 0.1) is 16.6 Å². The van der Waals surface area contributed by atoms with E-state index < -0.39 is 18.5 Å². The fraction of sp³-hybridized carbons (Fsp3) is 0.125. The lowest BCUT2D eigenvalue weighted by Gasteiger charge is -2.10. The number of amides is 1. The lowest BCUT2D eigenvalue weighted by Crippen LogP contribution is -2.21. The topological polar surface area (TPSA) is 84.1 Å². The van der Waals surface area contributed by atoms with Crippen molar-refractivity contribution in [2.75, 3.05) is 11.9 Å². The molecule has 0 unspecified atom stereocenters. The molecule has 0 fully saturated rings. The van der Waals surface area contributed by atoms with Crippen LogP contribution in [0.1, 0.15) is 21.5 Å². The second-order valence-corrected chi connectivity index (χ2v) is 7.63. The highest BCUT2D eigenvalue weighted by molar-refractivity contribution is 6.31. The number of hydrogen-bond donors (Lipinski definition) is 2. The Kier molecular flexibility index (Phi) is 5.73. The number of benzene rings is 3. The Bertz CT molecular complexity index is 1280. The van der Waals surface area contributed by atoms with Crippen LogP contribution in [0.15, 0.2) is 60.7 Å². The van der Waals surface area contributed by atoms with Crippen molar-refractivity contribution in [2.45, 2.75) is 13.8 Å². The first kappa shape index (κ1) is 20.6. The predicted molar refractivity (Wildman–Crippen MR) is 121 cm³/mol. The molecule has 0 bridgehead atoms. The number of carbonyl (C=O) groups is 2. The van der Waals surface area contributed by atoms with Crippen molar-refractivity contribution in [3.05, 3.63) is 82.4 Å². The van der Waals surface area contributed by atoms with Gasteiger partial charge in [-0.25, -0.2) is 9.78 Å². The van der Waals surface area contributed by atoms with Crippen molar-refractivity contribution >= 4 is 40.2 Å². The number of rotatable bonds is 5. The highest BCUT2D eigenvalue weighted by Crippen LogP contribution is 2.23. The van der Waals surface area contributed by atoms with Crippen LogP contribution in [-0.4, -0.2) is 28.5 Å². The van der Waals surface area contributed by atoms with Gasteiger partial charge < -0.3 is 15.0 Å². The first-order chi connectivity index (χ1) is 14.9. The highest BCUT2D eigenvalue weighted by atomic mass is 35.5. The van der Waals surface area contributed by atoms with Crippen LogP contribution in [0.3, 0.4) is 0 Å². The maximum atomic E-state index is 12.4. The molecule has 6 nitrogen and oxygen atoms in total. The van der Waals surface area contributed by atoms with Crippen molar-refractivity contribution in [3.63, 3.8) is 0 Å². The fourth-order valence-corrected chi connectivity index (χ4v) is 3.30. The summed E-state index contributed by atoms with van der Waals surface area (Å²) in [5.74, 6) is -0.314. The molecule has 3 aromatic carbocycles. The van der Waals surface area contributed by atoms with Crippen molar-refractivity contribution in [3.8, 4) is 11.4 Å². The van der Waals surface area contributed by atoms with Crippen molar-refractivity contribution in [1.82, 2.24) is 9.97 Å². The third-order valence-electron chi connectivity index (χ3n) is 4.92. The van der Waals surface area contributed by atoms with E-state index in [0.29, 0.717) is 21.8 Å². The fourth-order valence-electron chi connectivity index (χ4n) is 3.13. The van der Waals surface area contributed by atoms with E-state index in [0.717, 1.165) is 22.5 Å². The van der Waals surface area contributed by atoms with Gasteiger partial charge in [0, 0.05) is 16.3 Å². The largest absolute Gasteiger partial charge is 0.452 e. The summed E-state index contributed by atoms with van der Waals surface area (Å²) in [7, 11) is 0.